The number of allylic oxidation sites excluding steroid dienone is 1. The maximum absolute atomic E-state index is 12.0. The number of aliphatic carboxylic acids is 1. The lowest BCUT2D eigenvalue weighted by Crippen LogP contribution is -2.25. The molecule has 2 unspecified atom stereocenters. The number of carbonyl (C=O) groups is 2. The first-order chi connectivity index (χ1) is 12.4. The van der Waals surface area contributed by atoms with Gasteiger partial charge in [-0.1, -0.05) is 6.08 Å². The predicted molar refractivity (Wildman–Crippen MR) is 94.2 cm³/mol. The molecular weight excluding hydrogens is 338 g/mol. The molecule has 0 amide bonds. The Balaban J connectivity index is 1.95. The second-order valence-corrected chi connectivity index (χ2v) is 6.66. The highest BCUT2D eigenvalue weighted by Gasteiger charge is 2.35. The Morgan fingerprint density at radius 3 is 2.85 bits per heavy atom. The second-order valence-electron chi connectivity index (χ2n) is 6.66. The van der Waals surface area contributed by atoms with Gasteiger partial charge in [0.1, 0.15) is 12.4 Å². The number of anilines is 1. The number of methoxy groups -OCH3 is 1. The highest BCUT2D eigenvalue weighted by molar-refractivity contribution is 6.00. The van der Waals surface area contributed by atoms with Crippen molar-refractivity contribution >= 4 is 17.6 Å². The van der Waals surface area contributed by atoms with E-state index in [0.29, 0.717) is 42.0 Å². The van der Waals surface area contributed by atoms with Gasteiger partial charge in [-0.15, -0.1) is 0 Å². The Kier molecular flexibility index (Phi) is 4.91. The number of benzene rings is 1. The Morgan fingerprint density at radius 1 is 1.46 bits per heavy atom. The van der Waals surface area contributed by atoms with E-state index in [9.17, 15) is 14.7 Å². The van der Waals surface area contributed by atoms with Crippen molar-refractivity contribution in [3.8, 4) is 5.75 Å². The standard InChI is InChI=1S/C19H23NO6/c1-9(16-12(18(21)22)6-7-25-16)4-5-11-15(20)14-13(8-26-19(14)23)10(2)17(11)24-3/h4,12,16H,5-8,20H2,1-3H3,(H,21,22). The average molecular weight is 361 g/mol. The number of fused-ring (bicyclic) bond motifs is 1. The number of hydrogen-bond acceptors (Lipinski definition) is 6. The number of esters is 1. The molecule has 3 rings (SSSR count). The molecule has 2 heterocycles. The molecule has 7 nitrogen and oxygen atoms in total. The van der Waals surface area contributed by atoms with E-state index in [1.165, 1.54) is 0 Å². The van der Waals surface area contributed by atoms with Crippen LogP contribution in [-0.4, -0.2) is 36.9 Å². The molecule has 0 aliphatic carbocycles. The van der Waals surface area contributed by atoms with E-state index in [4.69, 9.17) is 19.9 Å². The molecule has 140 valence electrons. The van der Waals surface area contributed by atoms with E-state index < -0.39 is 24.0 Å². The van der Waals surface area contributed by atoms with Crippen LogP contribution in [0, 0.1) is 12.8 Å². The van der Waals surface area contributed by atoms with Gasteiger partial charge >= 0.3 is 11.9 Å². The van der Waals surface area contributed by atoms with E-state index in [0.717, 1.165) is 16.7 Å². The van der Waals surface area contributed by atoms with Crippen LogP contribution in [0.5, 0.6) is 5.75 Å². The van der Waals surface area contributed by atoms with Gasteiger partial charge in [-0.3, -0.25) is 4.79 Å². The fourth-order valence-electron chi connectivity index (χ4n) is 3.76. The summed E-state index contributed by atoms with van der Waals surface area (Å²) in [6.45, 7) is 4.36. The smallest absolute Gasteiger partial charge is 0.341 e. The topological polar surface area (TPSA) is 108 Å². The SMILES string of the molecule is COc1c(C)c2c(c(N)c1CC=C(C)C1OCCC1C(=O)O)C(=O)OC2. The molecule has 1 saturated heterocycles. The molecule has 1 aromatic carbocycles. The molecule has 0 bridgehead atoms. The van der Waals surface area contributed by atoms with Crippen LogP contribution < -0.4 is 10.5 Å². The molecule has 1 fully saturated rings. The third kappa shape index (κ3) is 2.92. The third-order valence-corrected chi connectivity index (χ3v) is 5.21. The molecule has 0 spiro atoms. The lowest BCUT2D eigenvalue weighted by atomic mass is 9.92. The summed E-state index contributed by atoms with van der Waals surface area (Å²) in [6.07, 6.45) is 2.36. The molecule has 2 aliphatic heterocycles. The van der Waals surface area contributed by atoms with Crippen LogP contribution in [0.25, 0.3) is 0 Å². The van der Waals surface area contributed by atoms with E-state index in [2.05, 4.69) is 0 Å². The first-order valence-electron chi connectivity index (χ1n) is 8.52. The number of nitrogens with two attached hydrogens (primary N) is 1. The largest absolute Gasteiger partial charge is 0.496 e. The monoisotopic (exact) mass is 361 g/mol. The van der Waals surface area contributed by atoms with Crippen LogP contribution in [0.3, 0.4) is 0 Å². The van der Waals surface area contributed by atoms with Gasteiger partial charge in [-0.2, -0.15) is 0 Å². The molecule has 26 heavy (non-hydrogen) atoms. The number of carboxylic acid groups (broad SMARTS) is 1. The summed E-state index contributed by atoms with van der Waals surface area (Å²) < 4.78 is 16.2. The summed E-state index contributed by atoms with van der Waals surface area (Å²) in [7, 11) is 1.56. The molecule has 0 aromatic heterocycles. The maximum atomic E-state index is 12.0. The van der Waals surface area contributed by atoms with Crippen LogP contribution in [0.2, 0.25) is 0 Å². The second kappa shape index (κ2) is 6.99. The lowest BCUT2D eigenvalue weighted by Gasteiger charge is -2.18. The summed E-state index contributed by atoms with van der Waals surface area (Å²) in [5.74, 6) is -1.18. The van der Waals surface area contributed by atoms with Crippen LogP contribution in [0.4, 0.5) is 5.69 Å². The Labute approximate surface area is 151 Å². The number of nitrogen functional groups attached to an aromatic ring is 1. The van der Waals surface area contributed by atoms with Crippen molar-refractivity contribution in [1.29, 1.82) is 0 Å². The minimum absolute atomic E-state index is 0.200. The number of carboxylic acids is 1. The van der Waals surface area contributed by atoms with Gasteiger partial charge in [0.15, 0.2) is 0 Å². The van der Waals surface area contributed by atoms with Gasteiger partial charge in [0.05, 0.1) is 30.4 Å². The van der Waals surface area contributed by atoms with Gasteiger partial charge in [0.25, 0.3) is 0 Å². The van der Waals surface area contributed by atoms with E-state index in [1.807, 2.05) is 19.9 Å². The molecule has 7 heteroatoms. The van der Waals surface area contributed by atoms with Crippen molar-refractivity contribution in [1.82, 2.24) is 0 Å². The predicted octanol–water partition coefficient (Wildman–Crippen LogP) is 2.23. The number of carbonyl (C=O) groups excluding carboxylic acids is 1. The van der Waals surface area contributed by atoms with Gasteiger partial charge in [0, 0.05) is 17.7 Å². The number of hydrogen-bond donors (Lipinski definition) is 2. The summed E-state index contributed by atoms with van der Waals surface area (Å²) in [4.78, 5) is 23.4. The first kappa shape index (κ1) is 18.3. The Morgan fingerprint density at radius 2 is 2.19 bits per heavy atom. The zero-order valence-corrected chi connectivity index (χ0v) is 15.1. The molecule has 3 N–H and O–H groups in total. The molecule has 2 aliphatic rings. The van der Waals surface area contributed by atoms with E-state index in [1.54, 1.807) is 7.11 Å². The number of cyclic esters (lactones) is 1. The lowest BCUT2D eigenvalue weighted by molar-refractivity contribution is -0.142. The van der Waals surface area contributed by atoms with Crippen molar-refractivity contribution in [3.05, 3.63) is 33.9 Å². The van der Waals surface area contributed by atoms with Gasteiger partial charge < -0.3 is 25.1 Å². The summed E-state index contributed by atoms with van der Waals surface area (Å²) in [5.41, 5.74) is 10.1. The fraction of sp³-hybridized carbons (Fsp3) is 0.474. The molecule has 2 atom stereocenters. The van der Waals surface area contributed by atoms with Crippen molar-refractivity contribution in [2.24, 2.45) is 5.92 Å². The number of ether oxygens (including phenoxy) is 3. The third-order valence-electron chi connectivity index (χ3n) is 5.21. The quantitative estimate of drug-likeness (QED) is 0.470. The molecule has 0 radical (unpaired) electrons. The van der Waals surface area contributed by atoms with Crippen LogP contribution in [0.1, 0.15) is 40.4 Å². The van der Waals surface area contributed by atoms with Crippen molar-refractivity contribution in [2.45, 2.75) is 39.4 Å². The van der Waals surface area contributed by atoms with Crippen molar-refractivity contribution < 1.29 is 28.9 Å². The zero-order chi connectivity index (χ0) is 19.0. The van der Waals surface area contributed by atoms with Gasteiger partial charge in [-0.05, 0) is 37.8 Å². The highest BCUT2D eigenvalue weighted by Crippen LogP contribution is 2.40. The van der Waals surface area contributed by atoms with Gasteiger partial charge in [0.2, 0.25) is 0 Å². The normalized spacial score (nSPS) is 22.3. The summed E-state index contributed by atoms with van der Waals surface area (Å²) in [6, 6.07) is 0. The van der Waals surface area contributed by atoms with Crippen molar-refractivity contribution in [2.75, 3.05) is 19.5 Å². The minimum Gasteiger partial charge on any atom is -0.496 e. The molecular formula is C19H23NO6. The average Bonchev–Trinajstić information content (AvgIpc) is 3.23. The fourth-order valence-corrected chi connectivity index (χ4v) is 3.76. The molecule has 1 aromatic rings. The van der Waals surface area contributed by atoms with E-state index >= 15 is 0 Å². The maximum Gasteiger partial charge on any atom is 0.341 e. The van der Waals surface area contributed by atoms with E-state index in [-0.39, 0.29) is 6.61 Å². The molecule has 0 saturated carbocycles. The zero-order valence-electron chi connectivity index (χ0n) is 15.1. The Bertz CT molecular complexity index is 798. The summed E-state index contributed by atoms with van der Waals surface area (Å²) >= 11 is 0. The summed E-state index contributed by atoms with van der Waals surface area (Å²) in [5, 5.41) is 9.32. The van der Waals surface area contributed by atoms with Crippen molar-refractivity contribution in [3.63, 3.8) is 0 Å². The van der Waals surface area contributed by atoms with Crippen LogP contribution in [-0.2, 0) is 27.3 Å². The van der Waals surface area contributed by atoms with Crippen LogP contribution >= 0.6 is 0 Å². The Hall–Kier alpha value is -2.54. The first-order valence-corrected chi connectivity index (χ1v) is 8.52. The number of rotatable bonds is 5. The minimum atomic E-state index is -0.853. The van der Waals surface area contributed by atoms with Gasteiger partial charge in [-0.25, -0.2) is 4.79 Å². The van der Waals surface area contributed by atoms with Crippen LogP contribution in [0.15, 0.2) is 11.6 Å². The highest BCUT2D eigenvalue weighted by atomic mass is 16.5.